The highest BCUT2D eigenvalue weighted by Crippen LogP contribution is 2.23. The largest absolute Gasteiger partial charge is 0.497 e. The Labute approximate surface area is 169 Å². The average Bonchev–Trinajstić information content (AvgIpc) is 3.19. The number of methoxy groups -OCH3 is 1. The van der Waals surface area contributed by atoms with E-state index < -0.39 is 0 Å². The lowest BCUT2D eigenvalue weighted by Crippen LogP contribution is -2.23. The first-order valence-electron chi connectivity index (χ1n) is 9.35. The van der Waals surface area contributed by atoms with E-state index in [1.807, 2.05) is 79.0 Å². The van der Waals surface area contributed by atoms with Crippen molar-refractivity contribution < 1.29 is 9.53 Å². The number of nitrogens with zero attached hydrogens (tertiary/aromatic N) is 1. The zero-order chi connectivity index (χ0) is 20.1. The molecule has 5 heteroatoms. The van der Waals surface area contributed by atoms with Gasteiger partial charge in [-0.15, -0.1) is 0 Å². The van der Waals surface area contributed by atoms with Crippen LogP contribution in [-0.4, -0.2) is 23.0 Å². The molecule has 0 aliphatic carbocycles. The number of fused-ring (bicyclic) bond motifs is 1. The van der Waals surface area contributed by atoms with Crippen LogP contribution in [0.2, 0.25) is 0 Å². The van der Waals surface area contributed by atoms with E-state index >= 15 is 0 Å². The minimum atomic E-state index is -0.134. The average molecular weight is 383 g/mol. The molecule has 5 nitrogen and oxygen atoms in total. The van der Waals surface area contributed by atoms with E-state index in [-0.39, 0.29) is 5.91 Å². The fourth-order valence-electron chi connectivity index (χ4n) is 3.17. The molecule has 2 N–H and O–H groups in total. The highest BCUT2D eigenvalue weighted by Gasteiger charge is 2.13. The Kier molecular flexibility index (Phi) is 5.38. The predicted molar refractivity (Wildman–Crippen MR) is 115 cm³/mol. The molecule has 4 rings (SSSR count). The first-order valence-corrected chi connectivity index (χ1v) is 9.35. The topological polar surface area (TPSA) is 67.0 Å². The molecule has 0 radical (unpaired) electrons. The van der Waals surface area contributed by atoms with Gasteiger partial charge in [-0.2, -0.15) is 0 Å². The number of H-pyrrole nitrogens is 1. The molecule has 0 unspecified atom stereocenters. The molecule has 0 aliphatic heterocycles. The molecule has 2 aromatic carbocycles. The quantitative estimate of drug-likeness (QED) is 0.484. The van der Waals surface area contributed by atoms with Crippen molar-refractivity contribution in [1.29, 1.82) is 0 Å². The number of pyridine rings is 1. The lowest BCUT2D eigenvalue weighted by Gasteiger charge is -2.10. The Balaban J connectivity index is 1.62. The van der Waals surface area contributed by atoms with Crippen LogP contribution in [-0.2, 0) is 11.3 Å². The first kappa shape index (κ1) is 18.5. The van der Waals surface area contributed by atoms with E-state index in [9.17, 15) is 4.79 Å². The summed E-state index contributed by atoms with van der Waals surface area (Å²) >= 11 is 0. The predicted octanol–water partition coefficient (Wildman–Crippen LogP) is 4.43. The van der Waals surface area contributed by atoms with Crippen LogP contribution >= 0.6 is 0 Å². The summed E-state index contributed by atoms with van der Waals surface area (Å²) in [7, 11) is 1.63. The maximum absolute atomic E-state index is 13.1. The standard InChI is InChI=1S/C24H21N3O2/c1-29-20-11-9-17(10-12-20)15-27-24(28)22(18-6-3-2-4-7-18)14-19-16-26-23-21(19)8-5-13-25-23/h2-14,16H,15H2,1H3,(H,25,26)(H,27,28). The summed E-state index contributed by atoms with van der Waals surface area (Å²) in [6, 6.07) is 21.2. The van der Waals surface area contributed by atoms with E-state index in [0.717, 1.165) is 33.5 Å². The third-order valence-corrected chi connectivity index (χ3v) is 4.72. The second-order valence-corrected chi connectivity index (χ2v) is 6.60. The molecular weight excluding hydrogens is 362 g/mol. The summed E-state index contributed by atoms with van der Waals surface area (Å²) in [6.45, 7) is 0.433. The van der Waals surface area contributed by atoms with Gasteiger partial charge < -0.3 is 15.0 Å². The second-order valence-electron chi connectivity index (χ2n) is 6.60. The molecule has 0 spiro atoms. The van der Waals surface area contributed by atoms with Gasteiger partial charge in [0.05, 0.1) is 7.11 Å². The van der Waals surface area contributed by atoms with E-state index in [1.54, 1.807) is 13.3 Å². The number of amides is 1. The number of ether oxygens (including phenoxy) is 1. The molecule has 0 saturated heterocycles. The van der Waals surface area contributed by atoms with Gasteiger partial charge in [0.1, 0.15) is 11.4 Å². The molecular formula is C24H21N3O2. The van der Waals surface area contributed by atoms with Crippen molar-refractivity contribution in [2.75, 3.05) is 7.11 Å². The van der Waals surface area contributed by atoms with Gasteiger partial charge in [0.25, 0.3) is 5.91 Å². The van der Waals surface area contributed by atoms with Crippen LogP contribution in [0.1, 0.15) is 16.7 Å². The smallest absolute Gasteiger partial charge is 0.252 e. The lowest BCUT2D eigenvalue weighted by molar-refractivity contribution is -0.115. The van der Waals surface area contributed by atoms with Gasteiger partial charge in [-0.1, -0.05) is 42.5 Å². The van der Waals surface area contributed by atoms with Crippen LogP contribution in [0.15, 0.2) is 79.1 Å². The number of hydrogen-bond donors (Lipinski definition) is 2. The van der Waals surface area contributed by atoms with Crippen LogP contribution in [0.3, 0.4) is 0 Å². The summed E-state index contributed by atoms with van der Waals surface area (Å²) in [5.74, 6) is 0.656. The molecule has 0 bridgehead atoms. The third-order valence-electron chi connectivity index (χ3n) is 4.72. The number of rotatable bonds is 6. The summed E-state index contributed by atoms with van der Waals surface area (Å²) in [5.41, 5.74) is 4.18. The zero-order valence-corrected chi connectivity index (χ0v) is 16.1. The van der Waals surface area contributed by atoms with Crippen molar-refractivity contribution in [2.45, 2.75) is 6.54 Å². The number of nitrogens with one attached hydrogen (secondary N) is 2. The van der Waals surface area contributed by atoms with Crippen molar-refractivity contribution in [1.82, 2.24) is 15.3 Å². The highest BCUT2D eigenvalue weighted by atomic mass is 16.5. The minimum absolute atomic E-state index is 0.134. The molecule has 0 aliphatic rings. The van der Waals surface area contributed by atoms with Crippen LogP contribution in [0.25, 0.3) is 22.7 Å². The van der Waals surface area contributed by atoms with Gasteiger partial charge >= 0.3 is 0 Å². The van der Waals surface area contributed by atoms with Crippen LogP contribution in [0.5, 0.6) is 5.75 Å². The first-order chi connectivity index (χ1) is 14.2. The van der Waals surface area contributed by atoms with Gasteiger partial charge in [0, 0.05) is 35.5 Å². The summed E-state index contributed by atoms with van der Waals surface area (Å²) < 4.78 is 5.18. The molecule has 0 saturated carbocycles. The summed E-state index contributed by atoms with van der Waals surface area (Å²) in [5, 5.41) is 4.00. The van der Waals surface area contributed by atoms with Gasteiger partial charge in [-0.05, 0) is 41.5 Å². The molecule has 29 heavy (non-hydrogen) atoms. The molecule has 4 aromatic rings. The van der Waals surface area contributed by atoms with E-state index in [1.165, 1.54) is 0 Å². The number of aromatic nitrogens is 2. The highest BCUT2D eigenvalue weighted by molar-refractivity contribution is 6.24. The summed E-state index contributed by atoms with van der Waals surface area (Å²) in [6.07, 6.45) is 5.52. The van der Waals surface area contributed by atoms with E-state index in [4.69, 9.17) is 4.74 Å². The maximum Gasteiger partial charge on any atom is 0.252 e. The minimum Gasteiger partial charge on any atom is -0.497 e. The van der Waals surface area contributed by atoms with Crippen LogP contribution < -0.4 is 10.1 Å². The van der Waals surface area contributed by atoms with Crippen molar-refractivity contribution in [3.8, 4) is 5.75 Å². The number of carbonyl (C=O) groups is 1. The zero-order valence-electron chi connectivity index (χ0n) is 16.1. The maximum atomic E-state index is 13.1. The van der Waals surface area contributed by atoms with Gasteiger partial charge in [0.15, 0.2) is 0 Å². The normalized spacial score (nSPS) is 11.4. The number of carbonyl (C=O) groups excluding carboxylic acids is 1. The van der Waals surface area contributed by atoms with Crippen molar-refractivity contribution in [3.63, 3.8) is 0 Å². The Morgan fingerprint density at radius 3 is 2.62 bits per heavy atom. The van der Waals surface area contributed by atoms with E-state index in [0.29, 0.717) is 12.1 Å². The Bertz CT molecular complexity index is 1150. The van der Waals surface area contributed by atoms with Crippen LogP contribution in [0.4, 0.5) is 0 Å². The van der Waals surface area contributed by atoms with Gasteiger partial charge in [-0.25, -0.2) is 4.98 Å². The van der Waals surface area contributed by atoms with Gasteiger partial charge in [-0.3, -0.25) is 4.79 Å². The molecule has 2 aromatic heterocycles. The van der Waals surface area contributed by atoms with Crippen molar-refractivity contribution in [2.24, 2.45) is 0 Å². The number of hydrogen-bond acceptors (Lipinski definition) is 3. The Hall–Kier alpha value is -3.86. The fourth-order valence-corrected chi connectivity index (χ4v) is 3.17. The van der Waals surface area contributed by atoms with Gasteiger partial charge in [0.2, 0.25) is 0 Å². The molecule has 0 atom stereocenters. The third kappa shape index (κ3) is 4.19. The van der Waals surface area contributed by atoms with Crippen LogP contribution in [0, 0.1) is 0 Å². The molecule has 2 heterocycles. The second kappa shape index (κ2) is 8.44. The van der Waals surface area contributed by atoms with E-state index in [2.05, 4.69) is 15.3 Å². The number of aromatic amines is 1. The number of benzene rings is 2. The molecule has 1 amide bonds. The lowest BCUT2D eigenvalue weighted by atomic mass is 10.0. The Morgan fingerprint density at radius 1 is 1.07 bits per heavy atom. The monoisotopic (exact) mass is 383 g/mol. The SMILES string of the molecule is COc1ccc(CNC(=O)C(=Cc2c[nH]c3ncccc23)c2ccccc2)cc1. The van der Waals surface area contributed by atoms with Crippen molar-refractivity contribution in [3.05, 3.63) is 95.8 Å². The molecule has 144 valence electrons. The summed E-state index contributed by atoms with van der Waals surface area (Å²) in [4.78, 5) is 20.5. The van der Waals surface area contributed by atoms with Crippen molar-refractivity contribution >= 4 is 28.6 Å². The Morgan fingerprint density at radius 2 is 1.86 bits per heavy atom. The molecule has 0 fully saturated rings. The fraction of sp³-hybridized carbons (Fsp3) is 0.0833.